The lowest BCUT2D eigenvalue weighted by Crippen LogP contribution is -2.07. The maximum atomic E-state index is 11.7. The second-order valence-corrected chi connectivity index (χ2v) is 2.91. The Balaban J connectivity index is 2.44. The number of ether oxygens (including phenoxy) is 1. The third-order valence-electron chi connectivity index (χ3n) is 1.84. The van der Waals surface area contributed by atoms with Crippen LogP contribution in [-0.2, 0) is 4.74 Å². The molecule has 0 spiro atoms. The molecule has 1 rings (SSSR count). The Labute approximate surface area is 76.3 Å². The van der Waals surface area contributed by atoms with Gasteiger partial charge in [-0.25, -0.2) is 0 Å². The highest BCUT2D eigenvalue weighted by molar-refractivity contribution is 5.18. The van der Waals surface area contributed by atoms with E-state index in [0.29, 0.717) is 0 Å². The third kappa shape index (κ3) is 3.51. The van der Waals surface area contributed by atoms with Gasteiger partial charge in [-0.2, -0.15) is 8.78 Å². The van der Waals surface area contributed by atoms with Gasteiger partial charge < -0.3 is 4.74 Å². The molecule has 0 saturated heterocycles. The molecular formula is C10H12F2O. The van der Waals surface area contributed by atoms with Crippen molar-refractivity contribution in [2.45, 2.75) is 19.5 Å². The zero-order valence-electron chi connectivity index (χ0n) is 7.41. The molecule has 0 N–H and O–H groups in total. The van der Waals surface area contributed by atoms with E-state index in [0.717, 1.165) is 5.56 Å². The Hall–Kier alpha value is -0.960. The van der Waals surface area contributed by atoms with Gasteiger partial charge in [0.2, 0.25) is 0 Å². The zero-order valence-corrected chi connectivity index (χ0v) is 7.41. The van der Waals surface area contributed by atoms with E-state index in [4.69, 9.17) is 0 Å². The van der Waals surface area contributed by atoms with Crippen LogP contribution in [0.5, 0.6) is 0 Å². The lowest BCUT2D eigenvalue weighted by molar-refractivity contribution is -0.131. The highest BCUT2D eigenvalue weighted by atomic mass is 19.3. The summed E-state index contributed by atoms with van der Waals surface area (Å²) in [6.45, 7) is -0.759. The van der Waals surface area contributed by atoms with Crippen LogP contribution in [0.1, 0.15) is 18.4 Å². The van der Waals surface area contributed by atoms with Crippen molar-refractivity contribution in [3.05, 3.63) is 35.9 Å². The van der Waals surface area contributed by atoms with Gasteiger partial charge in [0.05, 0.1) is 6.61 Å². The molecule has 1 aromatic carbocycles. The van der Waals surface area contributed by atoms with Crippen LogP contribution >= 0.6 is 0 Å². The molecule has 13 heavy (non-hydrogen) atoms. The highest BCUT2D eigenvalue weighted by Crippen LogP contribution is 2.15. The van der Waals surface area contributed by atoms with Gasteiger partial charge in [0.15, 0.2) is 0 Å². The van der Waals surface area contributed by atoms with Crippen molar-refractivity contribution in [3.8, 4) is 0 Å². The molecule has 1 nitrogen and oxygen atoms in total. The van der Waals surface area contributed by atoms with Crippen LogP contribution in [0.2, 0.25) is 0 Å². The Morgan fingerprint density at radius 1 is 1.23 bits per heavy atom. The Kier molecular flexibility index (Phi) is 3.83. The zero-order chi connectivity index (χ0) is 9.68. The number of rotatable bonds is 4. The molecular weight excluding hydrogens is 174 g/mol. The molecule has 0 aliphatic rings. The van der Waals surface area contributed by atoms with Crippen LogP contribution in [0.3, 0.4) is 0 Å². The average molecular weight is 186 g/mol. The predicted molar refractivity (Wildman–Crippen MR) is 46.8 cm³/mol. The first-order valence-corrected chi connectivity index (χ1v) is 4.15. The van der Waals surface area contributed by atoms with Gasteiger partial charge in [0, 0.05) is 5.92 Å². The third-order valence-corrected chi connectivity index (χ3v) is 1.84. The molecule has 0 unspecified atom stereocenters. The fourth-order valence-electron chi connectivity index (χ4n) is 1.09. The van der Waals surface area contributed by atoms with Crippen molar-refractivity contribution in [2.24, 2.45) is 0 Å². The second-order valence-electron chi connectivity index (χ2n) is 2.91. The molecule has 0 heterocycles. The predicted octanol–water partition coefficient (Wildman–Crippen LogP) is 3.03. The van der Waals surface area contributed by atoms with Crippen molar-refractivity contribution in [2.75, 3.05) is 6.61 Å². The van der Waals surface area contributed by atoms with Crippen molar-refractivity contribution in [3.63, 3.8) is 0 Å². The summed E-state index contributed by atoms with van der Waals surface area (Å²) in [5.41, 5.74) is 1.02. The summed E-state index contributed by atoms with van der Waals surface area (Å²) in [6.07, 6.45) is 0. The second kappa shape index (κ2) is 4.92. The first kappa shape index (κ1) is 10.1. The van der Waals surface area contributed by atoms with E-state index < -0.39 is 6.61 Å². The smallest absolute Gasteiger partial charge is 0.322 e. The van der Waals surface area contributed by atoms with Crippen LogP contribution in [-0.4, -0.2) is 13.2 Å². The number of hydrogen-bond donors (Lipinski definition) is 0. The fraction of sp³-hybridized carbons (Fsp3) is 0.400. The molecule has 0 fully saturated rings. The summed E-state index contributed by atoms with van der Waals surface area (Å²) in [5.74, 6) is 0.00944. The number of benzene rings is 1. The van der Waals surface area contributed by atoms with E-state index in [1.807, 2.05) is 37.3 Å². The van der Waals surface area contributed by atoms with E-state index >= 15 is 0 Å². The van der Waals surface area contributed by atoms with Crippen LogP contribution in [0, 0.1) is 0 Å². The minimum atomic E-state index is -2.67. The summed E-state index contributed by atoms with van der Waals surface area (Å²) in [4.78, 5) is 0. The largest absolute Gasteiger partial charge is 0.345 e. The van der Waals surface area contributed by atoms with Gasteiger partial charge in [-0.3, -0.25) is 0 Å². The quantitative estimate of drug-likeness (QED) is 0.702. The average Bonchev–Trinajstić information content (AvgIpc) is 2.15. The van der Waals surface area contributed by atoms with E-state index in [2.05, 4.69) is 4.74 Å². The Bertz CT molecular complexity index is 236. The van der Waals surface area contributed by atoms with E-state index in [-0.39, 0.29) is 12.5 Å². The molecule has 0 bridgehead atoms. The molecule has 3 heteroatoms. The summed E-state index contributed by atoms with van der Waals surface area (Å²) in [5, 5.41) is 0. The fourth-order valence-corrected chi connectivity index (χ4v) is 1.09. The number of hydrogen-bond acceptors (Lipinski definition) is 1. The lowest BCUT2D eigenvalue weighted by atomic mass is 10.0. The Morgan fingerprint density at radius 3 is 2.38 bits per heavy atom. The van der Waals surface area contributed by atoms with Gasteiger partial charge in [0.25, 0.3) is 0 Å². The summed E-state index contributed by atoms with van der Waals surface area (Å²) in [7, 11) is 0. The molecule has 0 amide bonds. The Morgan fingerprint density at radius 2 is 1.85 bits per heavy atom. The van der Waals surface area contributed by atoms with E-state index in [9.17, 15) is 8.78 Å². The van der Waals surface area contributed by atoms with Crippen molar-refractivity contribution in [1.82, 2.24) is 0 Å². The molecule has 72 valence electrons. The van der Waals surface area contributed by atoms with Crippen LogP contribution in [0.25, 0.3) is 0 Å². The van der Waals surface area contributed by atoms with Crippen LogP contribution in [0.15, 0.2) is 30.3 Å². The van der Waals surface area contributed by atoms with Gasteiger partial charge >= 0.3 is 6.61 Å². The highest BCUT2D eigenvalue weighted by Gasteiger charge is 2.08. The molecule has 0 aliphatic carbocycles. The van der Waals surface area contributed by atoms with Crippen molar-refractivity contribution < 1.29 is 13.5 Å². The molecule has 1 aromatic rings. The minimum Gasteiger partial charge on any atom is -0.322 e. The standard InChI is InChI=1S/C10H12F2O/c1-8(7-13-10(11)12)9-5-3-2-4-6-9/h2-6,8,10H,7H2,1H3/t8-/m1/s1. The summed E-state index contributed by atoms with van der Waals surface area (Å²) < 4.78 is 27.6. The van der Waals surface area contributed by atoms with Gasteiger partial charge in [-0.05, 0) is 5.56 Å². The van der Waals surface area contributed by atoms with E-state index in [1.54, 1.807) is 0 Å². The van der Waals surface area contributed by atoms with Gasteiger partial charge in [-0.15, -0.1) is 0 Å². The molecule has 0 aliphatic heterocycles. The SMILES string of the molecule is C[C@H](COC(F)F)c1ccccc1. The first-order valence-electron chi connectivity index (χ1n) is 4.15. The summed E-state index contributed by atoms with van der Waals surface area (Å²) >= 11 is 0. The van der Waals surface area contributed by atoms with Crippen molar-refractivity contribution >= 4 is 0 Å². The topological polar surface area (TPSA) is 9.23 Å². The summed E-state index contributed by atoms with van der Waals surface area (Å²) in [6, 6.07) is 9.46. The number of halogens is 2. The monoisotopic (exact) mass is 186 g/mol. The normalized spacial score (nSPS) is 13.2. The number of alkyl halides is 2. The molecule has 1 atom stereocenters. The van der Waals surface area contributed by atoms with Crippen molar-refractivity contribution in [1.29, 1.82) is 0 Å². The maximum absolute atomic E-state index is 11.7. The van der Waals surface area contributed by atoms with Crippen LogP contribution < -0.4 is 0 Å². The van der Waals surface area contributed by atoms with Gasteiger partial charge in [0.1, 0.15) is 0 Å². The van der Waals surface area contributed by atoms with Gasteiger partial charge in [-0.1, -0.05) is 37.3 Å². The maximum Gasteiger partial charge on any atom is 0.345 e. The van der Waals surface area contributed by atoms with Crippen LogP contribution in [0.4, 0.5) is 8.78 Å². The lowest BCUT2D eigenvalue weighted by Gasteiger charge is -2.11. The molecule has 0 radical (unpaired) electrons. The first-order chi connectivity index (χ1) is 6.20. The molecule has 0 saturated carbocycles. The minimum absolute atomic E-state index is 0.00944. The van der Waals surface area contributed by atoms with E-state index in [1.165, 1.54) is 0 Å². The molecule has 0 aromatic heterocycles.